The third-order valence-corrected chi connectivity index (χ3v) is 2.85. The van der Waals surface area contributed by atoms with Crippen LogP contribution >= 0.6 is 0 Å². The Morgan fingerprint density at radius 2 is 1.85 bits per heavy atom. The smallest absolute Gasteiger partial charge is 0.165 e. The second-order valence-electron chi connectivity index (χ2n) is 4.36. The third-order valence-electron chi connectivity index (χ3n) is 2.85. The molecule has 0 fully saturated rings. The zero-order chi connectivity index (χ0) is 14.7. The summed E-state index contributed by atoms with van der Waals surface area (Å²) in [7, 11) is 0. The zero-order valence-electron chi connectivity index (χ0n) is 10.7. The van der Waals surface area contributed by atoms with E-state index in [1.807, 2.05) is 0 Å². The summed E-state index contributed by atoms with van der Waals surface area (Å²) >= 11 is 0. The van der Waals surface area contributed by atoms with Crippen molar-refractivity contribution in [3.63, 3.8) is 0 Å². The Balaban J connectivity index is 2.11. The normalized spacial score (nSPS) is 12.2. The molecule has 0 aliphatic rings. The number of hydrogen-bond acceptors (Lipinski definition) is 2. The highest BCUT2D eigenvalue weighted by atomic mass is 19.2. The maximum absolute atomic E-state index is 13.6. The quantitative estimate of drug-likeness (QED) is 0.925. The van der Waals surface area contributed by atoms with Crippen LogP contribution in [0.15, 0.2) is 36.4 Å². The summed E-state index contributed by atoms with van der Waals surface area (Å²) in [5, 5.41) is 9.30. The van der Waals surface area contributed by atoms with Gasteiger partial charge in [0.25, 0.3) is 0 Å². The number of halogens is 3. The van der Waals surface area contributed by atoms with Crippen molar-refractivity contribution in [2.75, 3.05) is 0 Å². The highest BCUT2D eigenvalue weighted by Crippen LogP contribution is 2.23. The van der Waals surface area contributed by atoms with Crippen LogP contribution in [-0.2, 0) is 6.61 Å². The first-order valence-corrected chi connectivity index (χ1v) is 6.02. The van der Waals surface area contributed by atoms with Crippen LogP contribution in [0.5, 0.6) is 5.75 Å². The van der Waals surface area contributed by atoms with Crippen LogP contribution in [0, 0.1) is 17.5 Å². The first kappa shape index (κ1) is 14.4. The van der Waals surface area contributed by atoms with Gasteiger partial charge in [-0.15, -0.1) is 0 Å². The molecule has 1 N–H and O–H groups in total. The van der Waals surface area contributed by atoms with Crippen molar-refractivity contribution < 1.29 is 23.0 Å². The number of benzene rings is 2. The van der Waals surface area contributed by atoms with E-state index in [1.54, 1.807) is 0 Å². The van der Waals surface area contributed by atoms with Gasteiger partial charge in [-0.2, -0.15) is 0 Å². The predicted molar refractivity (Wildman–Crippen MR) is 67.7 cm³/mol. The molecular formula is C15H13F3O2. The zero-order valence-corrected chi connectivity index (χ0v) is 10.7. The molecule has 2 rings (SSSR count). The van der Waals surface area contributed by atoms with E-state index in [2.05, 4.69) is 0 Å². The van der Waals surface area contributed by atoms with E-state index in [0.717, 1.165) is 12.1 Å². The number of hydrogen-bond donors (Lipinski definition) is 1. The van der Waals surface area contributed by atoms with Gasteiger partial charge in [0.2, 0.25) is 0 Å². The van der Waals surface area contributed by atoms with Gasteiger partial charge in [0.05, 0.1) is 6.10 Å². The predicted octanol–water partition coefficient (Wildman–Crippen LogP) is 3.74. The molecule has 2 nitrogen and oxygen atoms in total. The number of ether oxygens (including phenoxy) is 1. The Kier molecular flexibility index (Phi) is 4.29. The van der Waals surface area contributed by atoms with Gasteiger partial charge in [0.1, 0.15) is 18.2 Å². The Labute approximate surface area is 114 Å². The van der Waals surface area contributed by atoms with Crippen LogP contribution < -0.4 is 4.74 Å². The summed E-state index contributed by atoms with van der Waals surface area (Å²) in [5.41, 5.74) is 0.194. The van der Waals surface area contributed by atoms with Gasteiger partial charge in [-0.3, -0.25) is 0 Å². The lowest BCUT2D eigenvalue weighted by molar-refractivity contribution is 0.193. The Bertz CT molecular complexity index is 612. The van der Waals surface area contributed by atoms with Gasteiger partial charge >= 0.3 is 0 Å². The topological polar surface area (TPSA) is 29.5 Å². The average Bonchev–Trinajstić information content (AvgIpc) is 2.40. The number of rotatable bonds is 4. The first-order valence-electron chi connectivity index (χ1n) is 6.02. The molecule has 2 aromatic carbocycles. The minimum Gasteiger partial charge on any atom is -0.489 e. The number of aliphatic hydroxyl groups excluding tert-OH is 1. The van der Waals surface area contributed by atoms with Gasteiger partial charge in [0.15, 0.2) is 11.6 Å². The summed E-state index contributed by atoms with van der Waals surface area (Å²) in [6, 6.07) is 7.71. The van der Waals surface area contributed by atoms with E-state index >= 15 is 0 Å². The molecule has 0 aliphatic heterocycles. The molecule has 0 radical (unpaired) electrons. The van der Waals surface area contributed by atoms with Crippen molar-refractivity contribution in [2.24, 2.45) is 0 Å². The fraction of sp³-hybridized carbons (Fsp3) is 0.200. The van der Waals surface area contributed by atoms with Gasteiger partial charge in [0, 0.05) is 17.2 Å². The van der Waals surface area contributed by atoms with Crippen molar-refractivity contribution >= 4 is 0 Å². The average molecular weight is 282 g/mol. The fourth-order valence-corrected chi connectivity index (χ4v) is 1.76. The highest BCUT2D eigenvalue weighted by molar-refractivity contribution is 5.30. The molecule has 0 aromatic heterocycles. The van der Waals surface area contributed by atoms with Crippen molar-refractivity contribution in [3.05, 3.63) is 65.0 Å². The molecule has 2 aromatic rings. The summed E-state index contributed by atoms with van der Waals surface area (Å²) in [6.45, 7) is 1.23. The van der Waals surface area contributed by atoms with Crippen LogP contribution in [0.4, 0.5) is 13.2 Å². The SMILES string of the molecule is C[C@H](O)c1ccc(OCc2cccc(F)c2F)cc1F. The fourth-order valence-electron chi connectivity index (χ4n) is 1.76. The molecule has 0 aliphatic carbocycles. The van der Waals surface area contributed by atoms with Crippen LogP contribution in [0.1, 0.15) is 24.2 Å². The largest absolute Gasteiger partial charge is 0.489 e. The van der Waals surface area contributed by atoms with E-state index in [1.165, 1.54) is 31.2 Å². The van der Waals surface area contributed by atoms with E-state index in [9.17, 15) is 18.3 Å². The van der Waals surface area contributed by atoms with Crippen molar-refractivity contribution in [3.8, 4) is 5.75 Å². The lowest BCUT2D eigenvalue weighted by atomic mass is 10.1. The van der Waals surface area contributed by atoms with E-state index in [0.29, 0.717) is 0 Å². The minimum absolute atomic E-state index is 0.0463. The van der Waals surface area contributed by atoms with Gasteiger partial charge in [-0.05, 0) is 25.1 Å². The van der Waals surface area contributed by atoms with Crippen molar-refractivity contribution in [2.45, 2.75) is 19.6 Å². The molecule has 20 heavy (non-hydrogen) atoms. The lowest BCUT2D eigenvalue weighted by Gasteiger charge is -2.10. The van der Waals surface area contributed by atoms with Crippen LogP contribution in [0.2, 0.25) is 0 Å². The molecular weight excluding hydrogens is 269 g/mol. The summed E-state index contributed by atoms with van der Waals surface area (Å²) in [5.74, 6) is -2.37. The molecule has 0 saturated heterocycles. The van der Waals surface area contributed by atoms with Gasteiger partial charge in [-0.25, -0.2) is 13.2 Å². The van der Waals surface area contributed by atoms with E-state index < -0.39 is 23.6 Å². The molecule has 0 unspecified atom stereocenters. The van der Waals surface area contributed by atoms with E-state index in [4.69, 9.17) is 4.74 Å². The monoisotopic (exact) mass is 282 g/mol. The molecule has 0 amide bonds. The van der Waals surface area contributed by atoms with Crippen molar-refractivity contribution in [1.82, 2.24) is 0 Å². The Hall–Kier alpha value is -2.01. The van der Waals surface area contributed by atoms with Crippen LogP contribution in [0.25, 0.3) is 0 Å². The Morgan fingerprint density at radius 3 is 2.50 bits per heavy atom. The Morgan fingerprint density at radius 1 is 1.10 bits per heavy atom. The molecule has 0 heterocycles. The molecule has 0 bridgehead atoms. The van der Waals surface area contributed by atoms with E-state index in [-0.39, 0.29) is 23.5 Å². The van der Waals surface area contributed by atoms with Gasteiger partial charge < -0.3 is 9.84 Å². The summed E-state index contributed by atoms with van der Waals surface area (Å²) in [4.78, 5) is 0. The molecule has 0 saturated carbocycles. The summed E-state index contributed by atoms with van der Waals surface area (Å²) < 4.78 is 45.2. The van der Waals surface area contributed by atoms with Gasteiger partial charge in [-0.1, -0.05) is 12.1 Å². The maximum Gasteiger partial charge on any atom is 0.165 e. The first-order chi connectivity index (χ1) is 9.49. The number of aliphatic hydroxyl groups is 1. The lowest BCUT2D eigenvalue weighted by Crippen LogP contribution is -2.02. The van der Waals surface area contributed by atoms with Crippen molar-refractivity contribution in [1.29, 1.82) is 0 Å². The highest BCUT2D eigenvalue weighted by Gasteiger charge is 2.11. The molecule has 106 valence electrons. The second kappa shape index (κ2) is 5.96. The minimum atomic E-state index is -0.978. The molecule has 5 heteroatoms. The van der Waals surface area contributed by atoms with Crippen LogP contribution in [-0.4, -0.2) is 5.11 Å². The maximum atomic E-state index is 13.6. The molecule has 0 spiro atoms. The second-order valence-corrected chi connectivity index (χ2v) is 4.36. The standard InChI is InChI=1S/C15H13F3O2/c1-9(19)12-6-5-11(7-14(12)17)20-8-10-3-2-4-13(16)15(10)18/h2-7,9,19H,8H2,1H3/t9-/m0/s1. The third kappa shape index (κ3) is 3.11. The van der Waals surface area contributed by atoms with Crippen LogP contribution in [0.3, 0.4) is 0 Å². The molecule has 1 atom stereocenters. The summed E-state index contributed by atoms with van der Waals surface area (Å²) in [6.07, 6.45) is -0.926.